The van der Waals surface area contributed by atoms with E-state index in [0.717, 1.165) is 5.69 Å². The highest BCUT2D eigenvalue weighted by molar-refractivity contribution is 5.84. The number of carbonyl (C=O) groups is 1. The summed E-state index contributed by atoms with van der Waals surface area (Å²) < 4.78 is 7.22. The zero-order chi connectivity index (χ0) is 21.3. The molecule has 6 heteroatoms. The summed E-state index contributed by atoms with van der Waals surface area (Å²) in [6.07, 6.45) is -0.531. The minimum Gasteiger partial charge on any atom is -0.448 e. The molecule has 0 unspecified atom stereocenters. The van der Waals surface area contributed by atoms with Crippen LogP contribution in [0.15, 0.2) is 54.6 Å². The molecule has 3 aromatic rings. The van der Waals surface area contributed by atoms with E-state index in [1.54, 1.807) is 4.68 Å². The lowest BCUT2D eigenvalue weighted by Gasteiger charge is -2.15. The van der Waals surface area contributed by atoms with Gasteiger partial charge in [0.05, 0.1) is 18.8 Å². The van der Waals surface area contributed by atoms with Gasteiger partial charge in [-0.3, -0.25) is 5.32 Å². The molecule has 0 atom stereocenters. The predicted molar refractivity (Wildman–Crippen MR) is 117 cm³/mol. The molecule has 0 aliphatic heterocycles. The van der Waals surface area contributed by atoms with Gasteiger partial charge < -0.3 is 9.84 Å². The van der Waals surface area contributed by atoms with Crippen LogP contribution in [0.25, 0.3) is 11.1 Å². The number of nitrogens with one attached hydrogen (secondary N) is 1. The van der Waals surface area contributed by atoms with Gasteiger partial charge in [-0.2, -0.15) is 5.10 Å². The van der Waals surface area contributed by atoms with Gasteiger partial charge in [-0.25, -0.2) is 9.48 Å². The minimum atomic E-state index is -0.531. The number of hydrogen-bond donors (Lipinski definition) is 2. The maximum absolute atomic E-state index is 12.6. The lowest BCUT2D eigenvalue weighted by molar-refractivity contribution is 0.158. The number of ether oxygens (including phenoxy) is 1. The van der Waals surface area contributed by atoms with Gasteiger partial charge in [0.1, 0.15) is 12.4 Å². The van der Waals surface area contributed by atoms with Gasteiger partial charge in [-0.05, 0) is 22.3 Å². The number of benzene rings is 2. The fourth-order valence-electron chi connectivity index (χ4n) is 3.89. The van der Waals surface area contributed by atoms with E-state index in [1.165, 1.54) is 22.3 Å². The third-order valence-electron chi connectivity index (χ3n) is 5.43. The SMILES string of the molecule is CC(C)(C)c1cc(NC(=O)OCC2c3ccccc3-c3ccccc32)n(CCO)n1. The maximum atomic E-state index is 12.6. The molecule has 1 aliphatic rings. The Labute approximate surface area is 176 Å². The fraction of sp³-hybridized carbons (Fsp3) is 0.333. The van der Waals surface area contributed by atoms with Crippen molar-refractivity contribution in [3.8, 4) is 11.1 Å². The molecule has 1 aliphatic carbocycles. The van der Waals surface area contributed by atoms with Crippen molar-refractivity contribution < 1.29 is 14.6 Å². The Morgan fingerprint density at radius 3 is 2.27 bits per heavy atom. The molecule has 0 bridgehead atoms. The molecule has 2 N–H and O–H groups in total. The second-order valence-electron chi connectivity index (χ2n) is 8.56. The van der Waals surface area contributed by atoms with Crippen LogP contribution in [0.4, 0.5) is 10.6 Å². The summed E-state index contributed by atoms with van der Waals surface area (Å²) in [7, 11) is 0. The smallest absolute Gasteiger partial charge is 0.412 e. The topological polar surface area (TPSA) is 76.4 Å². The van der Waals surface area contributed by atoms with Crippen LogP contribution in [0.3, 0.4) is 0 Å². The molecule has 156 valence electrons. The summed E-state index contributed by atoms with van der Waals surface area (Å²) in [5.74, 6) is 0.529. The summed E-state index contributed by atoms with van der Waals surface area (Å²) in [4.78, 5) is 12.6. The standard InChI is InChI=1S/C24H27N3O3/c1-24(2,3)21-14-22(27(26-21)12-13-28)25-23(29)30-15-20-18-10-6-4-8-16(18)17-9-5-7-11-19(17)20/h4-11,14,20,28H,12-13,15H2,1-3H3,(H,25,29). The zero-order valence-corrected chi connectivity index (χ0v) is 17.6. The first-order valence-electron chi connectivity index (χ1n) is 10.2. The van der Waals surface area contributed by atoms with Crippen LogP contribution in [0, 0.1) is 0 Å². The van der Waals surface area contributed by atoms with Crippen molar-refractivity contribution in [1.29, 1.82) is 0 Å². The van der Waals surface area contributed by atoms with Crippen molar-refractivity contribution in [2.24, 2.45) is 0 Å². The molecule has 2 aromatic carbocycles. The molecule has 6 nitrogen and oxygen atoms in total. The van der Waals surface area contributed by atoms with Crippen LogP contribution in [0.1, 0.15) is 43.5 Å². The van der Waals surface area contributed by atoms with E-state index < -0.39 is 6.09 Å². The van der Waals surface area contributed by atoms with Crippen LogP contribution >= 0.6 is 0 Å². The molecule has 1 aromatic heterocycles. The van der Waals surface area contributed by atoms with E-state index >= 15 is 0 Å². The molecule has 1 amide bonds. The molecular formula is C24H27N3O3. The first-order valence-corrected chi connectivity index (χ1v) is 10.2. The molecule has 0 radical (unpaired) electrons. The van der Waals surface area contributed by atoms with Gasteiger partial charge in [0, 0.05) is 17.4 Å². The third kappa shape index (κ3) is 3.83. The van der Waals surface area contributed by atoms with Crippen molar-refractivity contribution in [3.63, 3.8) is 0 Å². The number of nitrogens with zero attached hydrogens (tertiary/aromatic N) is 2. The van der Waals surface area contributed by atoms with E-state index in [-0.39, 0.29) is 24.5 Å². The Bertz CT molecular complexity index is 1020. The number of rotatable bonds is 5. The Morgan fingerprint density at radius 2 is 1.70 bits per heavy atom. The molecule has 0 saturated heterocycles. The second-order valence-corrected chi connectivity index (χ2v) is 8.56. The Hall–Kier alpha value is -3.12. The van der Waals surface area contributed by atoms with Gasteiger partial charge in [-0.1, -0.05) is 69.3 Å². The largest absolute Gasteiger partial charge is 0.448 e. The first-order chi connectivity index (χ1) is 14.4. The third-order valence-corrected chi connectivity index (χ3v) is 5.43. The highest BCUT2D eigenvalue weighted by Gasteiger charge is 2.29. The minimum absolute atomic E-state index is 0.00985. The number of aliphatic hydroxyl groups is 1. The highest BCUT2D eigenvalue weighted by Crippen LogP contribution is 2.44. The second kappa shape index (κ2) is 7.95. The van der Waals surface area contributed by atoms with E-state index in [2.05, 4.69) is 55.5 Å². The maximum Gasteiger partial charge on any atom is 0.412 e. The van der Waals surface area contributed by atoms with Crippen LogP contribution in [0.2, 0.25) is 0 Å². The van der Waals surface area contributed by atoms with Crippen molar-refractivity contribution in [2.75, 3.05) is 18.5 Å². The number of amides is 1. The monoisotopic (exact) mass is 405 g/mol. The van der Waals surface area contributed by atoms with Crippen LogP contribution in [-0.4, -0.2) is 34.2 Å². The van der Waals surface area contributed by atoms with Gasteiger partial charge >= 0.3 is 6.09 Å². The Balaban J connectivity index is 1.49. The number of aromatic nitrogens is 2. The van der Waals surface area contributed by atoms with Crippen molar-refractivity contribution >= 4 is 11.9 Å². The van der Waals surface area contributed by atoms with Gasteiger partial charge in [0.15, 0.2) is 0 Å². The lowest BCUT2D eigenvalue weighted by Crippen LogP contribution is -2.20. The van der Waals surface area contributed by atoms with Gasteiger partial charge in [0.25, 0.3) is 0 Å². The summed E-state index contributed by atoms with van der Waals surface area (Å²) in [6, 6.07) is 18.3. The van der Waals surface area contributed by atoms with E-state index in [9.17, 15) is 9.90 Å². The van der Waals surface area contributed by atoms with Crippen LogP contribution in [-0.2, 0) is 16.7 Å². The van der Waals surface area contributed by atoms with Crippen molar-refractivity contribution in [3.05, 3.63) is 71.4 Å². The van der Waals surface area contributed by atoms with E-state index in [0.29, 0.717) is 12.4 Å². The normalized spacial score (nSPS) is 13.1. The van der Waals surface area contributed by atoms with Crippen molar-refractivity contribution in [1.82, 2.24) is 9.78 Å². The van der Waals surface area contributed by atoms with Gasteiger partial charge in [-0.15, -0.1) is 0 Å². The predicted octanol–water partition coefficient (Wildman–Crippen LogP) is 4.53. The van der Waals surface area contributed by atoms with Gasteiger partial charge in [0.2, 0.25) is 0 Å². The zero-order valence-electron chi connectivity index (χ0n) is 17.6. The molecule has 0 spiro atoms. The van der Waals surface area contributed by atoms with E-state index in [1.807, 2.05) is 30.3 Å². The molecular weight excluding hydrogens is 378 g/mol. The summed E-state index contributed by atoms with van der Waals surface area (Å²) in [5.41, 5.74) is 5.40. The molecule has 1 heterocycles. The highest BCUT2D eigenvalue weighted by atomic mass is 16.5. The summed E-state index contributed by atoms with van der Waals surface area (Å²) in [6.45, 7) is 6.64. The number of fused-ring (bicyclic) bond motifs is 3. The first kappa shape index (κ1) is 20.2. The Morgan fingerprint density at radius 1 is 1.10 bits per heavy atom. The Kier molecular flexibility index (Phi) is 5.35. The van der Waals surface area contributed by atoms with Crippen molar-refractivity contribution in [2.45, 2.75) is 38.6 Å². The molecule has 30 heavy (non-hydrogen) atoms. The number of anilines is 1. The summed E-state index contributed by atoms with van der Waals surface area (Å²) in [5, 5.41) is 16.6. The summed E-state index contributed by atoms with van der Waals surface area (Å²) >= 11 is 0. The number of aliphatic hydroxyl groups excluding tert-OH is 1. The molecule has 0 fully saturated rings. The average Bonchev–Trinajstić information content (AvgIpc) is 3.26. The number of carbonyl (C=O) groups excluding carboxylic acids is 1. The quantitative estimate of drug-likeness (QED) is 0.654. The fourth-order valence-corrected chi connectivity index (χ4v) is 3.89. The van der Waals surface area contributed by atoms with Crippen LogP contribution in [0.5, 0.6) is 0 Å². The average molecular weight is 405 g/mol. The molecule has 4 rings (SSSR count). The van der Waals surface area contributed by atoms with E-state index in [4.69, 9.17) is 4.74 Å². The number of hydrogen-bond acceptors (Lipinski definition) is 4. The van der Waals surface area contributed by atoms with Crippen LogP contribution < -0.4 is 5.32 Å². The lowest BCUT2D eigenvalue weighted by atomic mass is 9.92. The molecule has 0 saturated carbocycles.